The summed E-state index contributed by atoms with van der Waals surface area (Å²) in [6.45, 7) is 0. The molecule has 0 heterocycles. The second-order valence-corrected chi connectivity index (χ2v) is 20.1. The molecule has 0 saturated carbocycles. The molecule has 0 aliphatic heterocycles. The molecule has 40 valence electrons. The van der Waals surface area contributed by atoms with Gasteiger partial charge in [-0.1, -0.05) is 0 Å². The Labute approximate surface area is 51.6 Å². The van der Waals surface area contributed by atoms with Gasteiger partial charge in [0.05, 0.1) is 0 Å². The van der Waals surface area contributed by atoms with Crippen LogP contribution in [0.1, 0.15) is 0 Å². The predicted octanol–water partition coefficient (Wildman–Crippen LogP) is 2.07. The topological polar surface area (TPSA) is 0 Å². The quantitative estimate of drug-likeness (QED) is 0.540. The van der Waals surface area contributed by atoms with Crippen LogP contribution in [0.25, 0.3) is 0 Å². The van der Waals surface area contributed by atoms with E-state index in [1.165, 1.54) is 0 Å². The van der Waals surface area contributed by atoms with Gasteiger partial charge in [0.15, 0.2) is 0 Å². The minimum atomic E-state index is -1.18. The first-order valence-corrected chi connectivity index (χ1v) is 13.4. The molecular weight excluding hydrogens is 199 g/mol. The Morgan fingerprint density at radius 2 is 0.833 bits per heavy atom. The van der Waals surface area contributed by atoms with Gasteiger partial charge in [0, 0.05) is 0 Å². The molecule has 0 saturated heterocycles. The van der Waals surface area contributed by atoms with E-state index < -0.39 is 18.4 Å². The second kappa shape index (κ2) is 3.19. The van der Waals surface area contributed by atoms with E-state index in [0.29, 0.717) is 0 Å². The Morgan fingerprint density at radius 3 is 0.833 bits per heavy atom. The molecule has 0 nitrogen and oxygen atoms in total. The van der Waals surface area contributed by atoms with Crippen LogP contribution in [0.5, 0.6) is 0 Å². The summed E-state index contributed by atoms with van der Waals surface area (Å²) in [5.41, 5.74) is 0. The first-order chi connectivity index (χ1) is 2.00. The third-order valence-electron chi connectivity index (χ3n) is 0. The van der Waals surface area contributed by atoms with Crippen LogP contribution in [0.15, 0.2) is 0 Å². The summed E-state index contributed by atoms with van der Waals surface area (Å²) < 4.78 is 0. The van der Waals surface area contributed by atoms with Gasteiger partial charge < -0.3 is 0 Å². The third kappa shape index (κ3) is 67.2. The van der Waals surface area contributed by atoms with Crippen LogP contribution in [-0.4, -0.2) is 18.4 Å². The standard InChI is InChI=1S/4CH3.H2S.Sn/h4*1H3;1H2;. The summed E-state index contributed by atoms with van der Waals surface area (Å²) in [6.07, 6.45) is 0. The monoisotopic (exact) mass is 214 g/mol. The molecule has 0 unspecified atom stereocenters. The predicted molar refractivity (Wildman–Crippen MR) is 39.6 cm³/mol. The van der Waals surface area contributed by atoms with Crippen LogP contribution in [0.2, 0.25) is 19.8 Å². The summed E-state index contributed by atoms with van der Waals surface area (Å²) in [7, 11) is 0. The van der Waals surface area contributed by atoms with E-state index in [0.717, 1.165) is 0 Å². The molecule has 0 atom stereocenters. The Morgan fingerprint density at radius 1 is 0.833 bits per heavy atom. The van der Waals surface area contributed by atoms with Gasteiger partial charge in [0.1, 0.15) is 0 Å². The molecular formula is C4H14SSn. The van der Waals surface area contributed by atoms with E-state index in [2.05, 4.69) is 19.8 Å². The van der Waals surface area contributed by atoms with Gasteiger partial charge in [-0.25, -0.2) is 0 Å². The van der Waals surface area contributed by atoms with Gasteiger partial charge in [0.2, 0.25) is 0 Å². The molecule has 0 rings (SSSR count). The van der Waals surface area contributed by atoms with Crippen LogP contribution >= 0.6 is 13.5 Å². The molecule has 0 aliphatic rings. The molecule has 0 bridgehead atoms. The first-order valence-electron chi connectivity index (χ1n) is 2.00. The Hall–Kier alpha value is 1.15. The van der Waals surface area contributed by atoms with Crippen LogP contribution in [0.3, 0.4) is 0 Å². The molecule has 0 aliphatic carbocycles. The summed E-state index contributed by atoms with van der Waals surface area (Å²) in [5, 5.41) is 0. The van der Waals surface area contributed by atoms with Gasteiger partial charge in [-0.2, -0.15) is 13.5 Å². The van der Waals surface area contributed by atoms with E-state index in [9.17, 15) is 0 Å². The van der Waals surface area contributed by atoms with E-state index in [1.54, 1.807) is 0 Å². The summed E-state index contributed by atoms with van der Waals surface area (Å²) in [4.78, 5) is 9.59. The zero-order valence-electron chi connectivity index (χ0n) is 5.00. The van der Waals surface area contributed by atoms with Gasteiger partial charge in [0.25, 0.3) is 0 Å². The third-order valence-corrected chi connectivity index (χ3v) is 0. The van der Waals surface area contributed by atoms with Crippen LogP contribution in [0, 0.1) is 0 Å². The summed E-state index contributed by atoms with van der Waals surface area (Å²) in [5.74, 6) is 0. The van der Waals surface area contributed by atoms with Crippen molar-refractivity contribution in [2.75, 3.05) is 0 Å². The van der Waals surface area contributed by atoms with Crippen molar-refractivity contribution < 1.29 is 0 Å². The number of rotatable bonds is 0. The number of hydrogen-bond acceptors (Lipinski definition) is 0. The van der Waals surface area contributed by atoms with Crippen molar-refractivity contribution in [3.05, 3.63) is 0 Å². The van der Waals surface area contributed by atoms with Gasteiger partial charge in [-0.05, 0) is 0 Å². The molecule has 0 radical (unpaired) electrons. The van der Waals surface area contributed by atoms with Crippen molar-refractivity contribution >= 4 is 31.9 Å². The molecule has 0 N–H and O–H groups in total. The van der Waals surface area contributed by atoms with Crippen molar-refractivity contribution in [3.63, 3.8) is 0 Å². The normalized spacial score (nSPS) is 10.0. The fourth-order valence-corrected chi connectivity index (χ4v) is 0. The SMILES string of the molecule is S.[CH3][Sn]([CH3])([CH3])[CH3]. The Balaban J connectivity index is 0. The fraction of sp³-hybridized carbons (Fsp3) is 1.00. The maximum atomic E-state index is 2.40. The molecule has 0 amide bonds. The Kier molecular flexibility index (Phi) is 5.42. The van der Waals surface area contributed by atoms with Crippen molar-refractivity contribution in [3.8, 4) is 0 Å². The van der Waals surface area contributed by atoms with Crippen molar-refractivity contribution in [2.45, 2.75) is 19.8 Å². The molecule has 2 heteroatoms. The van der Waals surface area contributed by atoms with E-state index in [1.807, 2.05) is 0 Å². The van der Waals surface area contributed by atoms with Gasteiger partial charge in [-0.3, -0.25) is 0 Å². The molecule has 0 aromatic rings. The van der Waals surface area contributed by atoms with Crippen molar-refractivity contribution in [1.82, 2.24) is 0 Å². The summed E-state index contributed by atoms with van der Waals surface area (Å²) in [6, 6.07) is 0. The molecule has 0 aromatic carbocycles. The molecule has 6 heavy (non-hydrogen) atoms. The van der Waals surface area contributed by atoms with E-state index in [-0.39, 0.29) is 13.5 Å². The summed E-state index contributed by atoms with van der Waals surface area (Å²) >= 11 is -1.18. The molecule has 0 aromatic heterocycles. The van der Waals surface area contributed by atoms with Crippen LogP contribution in [0.4, 0.5) is 0 Å². The molecule has 0 fully saturated rings. The first kappa shape index (κ1) is 10.2. The number of hydrogen-bond donors (Lipinski definition) is 0. The van der Waals surface area contributed by atoms with Crippen molar-refractivity contribution in [1.29, 1.82) is 0 Å². The minimum absolute atomic E-state index is 0. The zero-order chi connectivity index (χ0) is 4.50. The van der Waals surface area contributed by atoms with Crippen molar-refractivity contribution in [2.24, 2.45) is 0 Å². The van der Waals surface area contributed by atoms with E-state index in [4.69, 9.17) is 0 Å². The van der Waals surface area contributed by atoms with Crippen LogP contribution < -0.4 is 0 Å². The Bertz CT molecular complexity index is 23.0. The molecule has 0 spiro atoms. The van der Waals surface area contributed by atoms with Crippen LogP contribution in [-0.2, 0) is 0 Å². The zero-order valence-corrected chi connectivity index (χ0v) is 8.85. The average molecular weight is 213 g/mol. The average Bonchev–Trinajstić information content (AvgIpc) is 0.722. The maximum absolute atomic E-state index is 2.40. The van der Waals surface area contributed by atoms with E-state index >= 15 is 0 Å². The fourth-order valence-electron chi connectivity index (χ4n) is 0. The second-order valence-electron chi connectivity index (χ2n) is 3.00. The van der Waals surface area contributed by atoms with Gasteiger partial charge >= 0.3 is 38.1 Å². The van der Waals surface area contributed by atoms with Gasteiger partial charge in [-0.15, -0.1) is 0 Å².